The highest BCUT2D eigenvalue weighted by Gasteiger charge is 2.23. The fourth-order valence-electron chi connectivity index (χ4n) is 3.13. The lowest BCUT2D eigenvalue weighted by atomic mass is 9.97. The fraction of sp³-hybridized carbons (Fsp3) is 0.176. The monoisotopic (exact) mass is 294 g/mol. The van der Waals surface area contributed by atoms with E-state index in [1.807, 2.05) is 24.3 Å². The number of hydroxylamine groups is 2. The van der Waals surface area contributed by atoms with E-state index in [0.717, 1.165) is 16.9 Å². The van der Waals surface area contributed by atoms with Gasteiger partial charge in [-0.2, -0.15) is 0 Å². The first-order chi connectivity index (χ1) is 10.7. The van der Waals surface area contributed by atoms with Crippen LogP contribution >= 0.6 is 0 Å². The molecule has 1 aliphatic carbocycles. The molecule has 112 valence electrons. The van der Waals surface area contributed by atoms with Crippen LogP contribution in [0.3, 0.4) is 0 Å². The van der Waals surface area contributed by atoms with Gasteiger partial charge in [-0.15, -0.1) is 0 Å². The van der Waals surface area contributed by atoms with Gasteiger partial charge >= 0.3 is 0 Å². The van der Waals surface area contributed by atoms with E-state index in [1.165, 1.54) is 10.8 Å². The molecule has 22 heavy (non-hydrogen) atoms. The van der Waals surface area contributed by atoms with Crippen molar-refractivity contribution in [1.29, 1.82) is 0 Å². The largest absolute Gasteiger partial charge is 0.762 e. The molecule has 0 aromatic heterocycles. The minimum absolute atomic E-state index is 0.0149. The second kappa shape index (κ2) is 5.14. The molecule has 1 unspecified atom stereocenters. The molecule has 0 fully saturated rings. The van der Waals surface area contributed by atoms with Crippen LogP contribution in [0.2, 0.25) is 0 Å². The summed E-state index contributed by atoms with van der Waals surface area (Å²) in [7, 11) is 0. The molecule has 1 aliphatic heterocycles. The van der Waals surface area contributed by atoms with Crippen LogP contribution in [0.15, 0.2) is 60.2 Å². The number of rotatable bonds is 2. The Morgan fingerprint density at radius 1 is 1.09 bits per heavy atom. The van der Waals surface area contributed by atoms with Gasteiger partial charge in [-0.05, 0) is 29.5 Å². The van der Waals surface area contributed by atoms with Gasteiger partial charge in [-0.1, -0.05) is 42.5 Å². The predicted molar refractivity (Wildman–Crippen MR) is 87.6 cm³/mol. The molecule has 0 amide bonds. The van der Waals surface area contributed by atoms with Gasteiger partial charge in [0, 0.05) is 22.8 Å². The lowest BCUT2D eigenvalue weighted by Crippen LogP contribution is -2.36. The van der Waals surface area contributed by atoms with Gasteiger partial charge < -0.3 is 21.0 Å². The summed E-state index contributed by atoms with van der Waals surface area (Å²) in [6.45, 7) is 0. The Morgan fingerprint density at radius 2 is 1.77 bits per heavy atom. The third-order valence-electron chi connectivity index (χ3n) is 4.19. The molecule has 0 bridgehead atoms. The van der Waals surface area contributed by atoms with E-state index < -0.39 is 6.04 Å². The van der Waals surface area contributed by atoms with Crippen LogP contribution in [0.4, 0.5) is 11.4 Å². The first-order valence-electron chi connectivity index (χ1n) is 7.31. The third-order valence-corrected chi connectivity index (χ3v) is 4.19. The Hall–Kier alpha value is -2.34. The average Bonchev–Trinajstić information content (AvgIpc) is 2.55. The van der Waals surface area contributed by atoms with E-state index in [1.54, 1.807) is 6.08 Å². The van der Waals surface area contributed by atoms with Crippen molar-refractivity contribution in [2.45, 2.75) is 18.6 Å². The Balaban J connectivity index is 1.71. The number of anilines is 2. The van der Waals surface area contributed by atoms with E-state index in [4.69, 9.17) is 5.21 Å². The zero-order valence-corrected chi connectivity index (χ0v) is 11.9. The van der Waals surface area contributed by atoms with Crippen LogP contribution in [-0.4, -0.2) is 22.6 Å². The van der Waals surface area contributed by atoms with Crippen LogP contribution in [0, 0.1) is 5.21 Å². The molecule has 2 aromatic carbocycles. The highest BCUT2D eigenvalue weighted by molar-refractivity contribution is 6.05. The SMILES string of the molecule is [O-]N(O)C1C=C(C2Nc3cccc4cccc(c34)N2)C=CC1. The highest BCUT2D eigenvalue weighted by Crippen LogP contribution is 2.36. The minimum atomic E-state index is -0.531. The summed E-state index contributed by atoms with van der Waals surface area (Å²) in [5.41, 5.74) is 3.07. The van der Waals surface area contributed by atoms with Crippen LogP contribution in [0.5, 0.6) is 0 Å². The summed E-state index contributed by atoms with van der Waals surface area (Å²) >= 11 is 0. The zero-order chi connectivity index (χ0) is 15.1. The second-order valence-electron chi connectivity index (χ2n) is 5.61. The topological polar surface area (TPSA) is 70.6 Å². The van der Waals surface area contributed by atoms with Crippen LogP contribution < -0.4 is 10.6 Å². The Kier molecular flexibility index (Phi) is 3.11. The normalized spacial score (nSPS) is 20.7. The third kappa shape index (κ3) is 2.16. The smallest absolute Gasteiger partial charge is 0.123 e. The Morgan fingerprint density at radius 3 is 2.41 bits per heavy atom. The molecule has 5 nitrogen and oxygen atoms in total. The summed E-state index contributed by atoms with van der Waals surface area (Å²) in [5.74, 6) is 0. The number of nitrogens with one attached hydrogen (secondary N) is 2. The van der Waals surface area contributed by atoms with Gasteiger partial charge in [0.2, 0.25) is 0 Å². The molecule has 0 saturated heterocycles. The molecule has 0 radical (unpaired) electrons. The maximum absolute atomic E-state index is 11.1. The molecule has 0 spiro atoms. The number of hydrogen-bond donors (Lipinski definition) is 3. The standard InChI is InChI=1S/C17H16N3O2/c21-20(22)13-7-1-6-12(10-13)17-18-14-8-2-4-11-5-3-9-15(19-17)16(11)14/h1-6,8-10,13,17-19,21H,7H2/q-1. The highest BCUT2D eigenvalue weighted by atomic mass is 16.8. The maximum atomic E-state index is 11.1. The molecule has 1 atom stereocenters. The van der Waals surface area contributed by atoms with Crippen LogP contribution in [0.1, 0.15) is 6.42 Å². The predicted octanol–water partition coefficient (Wildman–Crippen LogP) is 3.45. The van der Waals surface area contributed by atoms with Gasteiger partial charge in [0.25, 0.3) is 0 Å². The van der Waals surface area contributed by atoms with Crippen molar-refractivity contribution in [3.63, 3.8) is 0 Å². The van der Waals surface area contributed by atoms with Gasteiger partial charge in [-0.3, -0.25) is 5.23 Å². The molecular weight excluding hydrogens is 278 g/mol. The first-order valence-corrected chi connectivity index (χ1v) is 7.31. The zero-order valence-electron chi connectivity index (χ0n) is 11.9. The van der Waals surface area contributed by atoms with Gasteiger partial charge in [0.1, 0.15) is 6.17 Å². The number of benzene rings is 2. The molecule has 3 N–H and O–H groups in total. The van der Waals surface area contributed by atoms with E-state index in [0.29, 0.717) is 6.42 Å². The second-order valence-corrected chi connectivity index (χ2v) is 5.61. The Labute approximate surface area is 128 Å². The van der Waals surface area contributed by atoms with Crippen molar-refractivity contribution < 1.29 is 5.21 Å². The van der Waals surface area contributed by atoms with Gasteiger partial charge in [0.05, 0.1) is 0 Å². The van der Waals surface area contributed by atoms with E-state index in [2.05, 4.69) is 34.9 Å². The number of nitrogens with zero attached hydrogens (tertiary/aromatic N) is 1. The van der Waals surface area contributed by atoms with Crippen LogP contribution in [0.25, 0.3) is 10.8 Å². The van der Waals surface area contributed by atoms with E-state index in [-0.39, 0.29) is 11.4 Å². The van der Waals surface area contributed by atoms with E-state index >= 15 is 0 Å². The van der Waals surface area contributed by atoms with Crippen molar-refractivity contribution in [2.75, 3.05) is 10.6 Å². The molecular formula is C17H16N3O2-. The summed E-state index contributed by atoms with van der Waals surface area (Å²) in [6.07, 6.45) is 6.08. The summed E-state index contributed by atoms with van der Waals surface area (Å²) < 4.78 is 0. The van der Waals surface area contributed by atoms with Crippen molar-refractivity contribution >= 4 is 22.1 Å². The lowest BCUT2D eigenvalue weighted by Gasteiger charge is -2.34. The van der Waals surface area contributed by atoms with Crippen molar-refractivity contribution in [3.05, 3.63) is 65.4 Å². The molecule has 4 rings (SSSR count). The molecule has 2 aromatic rings. The van der Waals surface area contributed by atoms with Crippen molar-refractivity contribution in [3.8, 4) is 0 Å². The summed E-state index contributed by atoms with van der Waals surface area (Å²) in [5, 5.41) is 29.5. The van der Waals surface area contributed by atoms with Crippen LogP contribution in [-0.2, 0) is 0 Å². The van der Waals surface area contributed by atoms with Gasteiger partial charge in [-0.25, -0.2) is 0 Å². The molecule has 0 saturated carbocycles. The molecule has 2 aliphatic rings. The maximum Gasteiger partial charge on any atom is 0.123 e. The Bertz CT molecular complexity index is 742. The number of hydrogen-bond acceptors (Lipinski definition) is 5. The van der Waals surface area contributed by atoms with E-state index in [9.17, 15) is 5.21 Å². The molecule has 5 heteroatoms. The quantitative estimate of drug-likeness (QED) is 0.740. The van der Waals surface area contributed by atoms with Gasteiger partial charge in [0.15, 0.2) is 0 Å². The molecule has 1 heterocycles. The average molecular weight is 294 g/mol. The van der Waals surface area contributed by atoms with Crippen molar-refractivity contribution in [1.82, 2.24) is 5.23 Å². The minimum Gasteiger partial charge on any atom is -0.762 e. The fourth-order valence-corrected chi connectivity index (χ4v) is 3.13. The lowest BCUT2D eigenvalue weighted by molar-refractivity contribution is -0.0636. The van der Waals surface area contributed by atoms with Crippen molar-refractivity contribution in [2.24, 2.45) is 0 Å². The summed E-state index contributed by atoms with van der Waals surface area (Å²) in [4.78, 5) is 0. The first kappa shape index (κ1) is 13.3. The summed E-state index contributed by atoms with van der Waals surface area (Å²) in [6, 6.07) is 11.8.